The lowest BCUT2D eigenvalue weighted by atomic mass is 10.1. The summed E-state index contributed by atoms with van der Waals surface area (Å²) in [6, 6.07) is 10.0. The molecule has 2 amide bonds. The van der Waals surface area contributed by atoms with E-state index in [1.807, 2.05) is 19.9 Å². The number of hydrogen-bond acceptors (Lipinski definition) is 2. The minimum Gasteiger partial charge on any atom is -0.352 e. The molecule has 0 aliphatic rings. The van der Waals surface area contributed by atoms with Crippen LogP contribution in [0.5, 0.6) is 0 Å². The SMILES string of the molecule is CC(=O)N(CCC(=O)NCc1ccccc1F)c1c(C)cc(C)cc1Cl. The minimum atomic E-state index is -0.361. The van der Waals surface area contributed by atoms with E-state index in [0.717, 1.165) is 11.1 Å². The number of benzene rings is 2. The smallest absolute Gasteiger partial charge is 0.223 e. The van der Waals surface area contributed by atoms with Crippen molar-refractivity contribution in [3.05, 3.63) is 63.9 Å². The van der Waals surface area contributed by atoms with E-state index in [1.165, 1.54) is 17.9 Å². The summed E-state index contributed by atoms with van der Waals surface area (Å²) in [5, 5.41) is 3.15. The minimum absolute atomic E-state index is 0.0949. The number of carbonyl (C=O) groups is 2. The van der Waals surface area contributed by atoms with E-state index < -0.39 is 0 Å². The highest BCUT2D eigenvalue weighted by molar-refractivity contribution is 6.34. The van der Waals surface area contributed by atoms with Crippen LogP contribution in [0.15, 0.2) is 36.4 Å². The highest BCUT2D eigenvalue weighted by Crippen LogP contribution is 2.31. The first-order chi connectivity index (χ1) is 12.3. The molecular formula is C20H22ClFN2O2. The highest BCUT2D eigenvalue weighted by Gasteiger charge is 2.19. The molecule has 0 saturated carbocycles. The average molecular weight is 377 g/mol. The summed E-state index contributed by atoms with van der Waals surface area (Å²) in [4.78, 5) is 25.7. The van der Waals surface area contributed by atoms with Crippen molar-refractivity contribution in [2.24, 2.45) is 0 Å². The van der Waals surface area contributed by atoms with Gasteiger partial charge in [0.2, 0.25) is 11.8 Å². The first kappa shape index (κ1) is 19.9. The van der Waals surface area contributed by atoms with Crippen LogP contribution < -0.4 is 10.2 Å². The summed E-state index contributed by atoms with van der Waals surface area (Å²) in [7, 11) is 0. The number of rotatable bonds is 6. The number of nitrogens with zero attached hydrogens (tertiary/aromatic N) is 1. The fraction of sp³-hybridized carbons (Fsp3) is 0.300. The van der Waals surface area contributed by atoms with Crippen LogP contribution in [-0.4, -0.2) is 18.4 Å². The maximum Gasteiger partial charge on any atom is 0.223 e. The van der Waals surface area contributed by atoms with Crippen molar-refractivity contribution in [3.63, 3.8) is 0 Å². The van der Waals surface area contributed by atoms with E-state index >= 15 is 0 Å². The van der Waals surface area contributed by atoms with Crippen LogP contribution in [0, 0.1) is 19.7 Å². The van der Waals surface area contributed by atoms with Gasteiger partial charge in [-0.15, -0.1) is 0 Å². The highest BCUT2D eigenvalue weighted by atomic mass is 35.5. The van der Waals surface area contributed by atoms with Gasteiger partial charge < -0.3 is 10.2 Å². The van der Waals surface area contributed by atoms with Crippen LogP contribution in [0.1, 0.15) is 30.0 Å². The van der Waals surface area contributed by atoms with Crippen molar-refractivity contribution in [1.82, 2.24) is 5.32 Å². The second-order valence-electron chi connectivity index (χ2n) is 6.20. The van der Waals surface area contributed by atoms with Crippen molar-refractivity contribution in [2.75, 3.05) is 11.4 Å². The summed E-state index contributed by atoms with van der Waals surface area (Å²) >= 11 is 6.31. The van der Waals surface area contributed by atoms with Gasteiger partial charge >= 0.3 is 0 Å². The zero-order valence-corrected chi connectivity index (χ0v) is 15.9. The van der Waals surface area contributed by atoms with Gasteiger partial charge in [0.25, 0.3) is 0 Å². The topological polar surface area (TPSA) is 49.4 Å². The standard InChI is InChI=1S/C20H22ClFN2O2/c1-13-10-14(2)20(17(21)11-13)24(15(3)25)9-8-19(26)23-12-16-6-4-5-7-18(16)22/h4-7,10-11H,8-9,12H2,1-3H3,(H,23,26). The number of nitrogens with one attached hydrogen (secondary N) is 1. The molecule has 1 N–H and O–H groups in total. The molecule has 0 radical (unpaired) electrons. The fourth-order valence-electron chi connectivity index (χ4n) is 2.81. The number of aryl methyl sites for hydroxylation is 2. The van der Waals surface area contributed by atoms with Gasteiger partial charge in [0.05, 0.1) is 10.7 Å². The van der Waals surface area contributed by atoms with Gasteiger partial charge in [-0.25, -0.2) is 4.39 Å². The molecule has 4 nitrogen and oxygen atoms in total. The largest absolute Gasteiger partial charge is 0.352 e. The summed E-state index contributed by atoms with van der Waals surface area (Å²) in [5.41, 5.74) is 2.91. The molecule has 0 heterocycles. The molecule has 2 aromatic rings. The molecule has 0 unspecified atom stereocenters. The summed E-state index contributed by atoms with van der Waals surface area (Å²) in [6.07, 6.45) is 0.0949. The Morgan fingerprint density at radius 1 is 1.19 bits per heavy atom. The molecular weight excluding hydrogens is 355 g/mol. The first-order valence-corrected chi connectivity index (χ1v) is 8.72. The van der Waals surface area contributed by atoms with E-state index in [-0.39, 0.29) is 37.1 Å². The molecule has 6 heteroatoms. The van der Waals surface area contributed by atoms with Crippen LogP contribution >= 0.6 is 11.6 Å². The molecule has 2 aromatic carbocycles. The van der Waals surface area contributed by atoms with E-state index in [9.17, 15) is 14.0 Å². The Morgan fingerprint density at radius 2 is 1.88 bits per heavy atom. The monoisotopic (exact) mass is 376 g/mol. The van der Waals surface area contributed by atoms with Crippen LogP contribution in [0.25, 0.3) is 0 Å². The van der Waals surface area contributed by atoms with Gasteiger partial charge in [0.1, 0.15) is 5.82 Å². The van der Waals surface area contributed by atoms with Crippen molar-refractivity contribution in [2.45, 2.75) is 33.7 Å². The van der Waals surface area contributed by atoms with E-state index in [0.29, 0.717) is 16.3 Å². The van der Waals surface area contributed by atoms with Gasteiger partial charge in [-0.1, -0.05) is 35.9 Å². The summed E-state index contributed by atoms with van der Waals surface area (Å²) in [6.45, 7) is 5.55. The molecule has 0 saturated heterocycles. The fourth-order valence-corrected chi connectivity index (χ4v) is 3.24. The Bertz CT molecular complexity index is 800. The lowest BCUT2D eigenvalue weighted by Crippen LogP contribution is -2.34. The van der Waals surface area contributed by atoms with Gasteiger partial charge in [-0.05, 0) is 37.1 Å². The molecule has 0 fully saturated rings. The Hall–Kier alpha value is -2.40. The molecule has 0 aliphatic heterocycles. The maximum atomic E-state index is 13.6. The summed E-state index contributed by atoms with van der Waals surface area (Å²) in [5.74, 6) is -0.818. The quantitative estimate of drug-likeness (QED) is 0.823. The molecule has 0 spiro atoms. The molecule has 0 aliphatic carbocycles. The van der Waals surface area contributed by atoms with Crippen molar-refractivity contribution >= 4 is 29.1 Å². The zero-order chi connectivity index (χ0) is 19.3. The van der Waals surface area contributed by atoms with Crippen molar-refractivity contribution < 1.29 is 14.0 Å². The van der Waals surface area contributed by atoms with Gasteiger partial charge in [-0.2, -0.15) is 0 Å². The molecule has 26 heavy (non-hydrogen) atoms. The number of carbonyl (C=O) groups excluding carboxylic acids is 2. The zero-order valence-electron chi connectivity index (χ0n) is 15.1. The number of anilines is 1. The Labute approximate surface area is 158 Å². The van der Waals surface area contributed by atoms with Gasteiger partial charge in [0, 0.05) is 32.0 Å². The van der Waals surface area contributed by atoms with Crippen LogP contribution in [0.4, 0.5) is 10.1 Å². The van der Waals surface area contributed by atoms with Crippen LogP contribution in [0.2, 0.25) is 5.02 Å². The van der Waals surface area contributed by atoms with Crippen LogP contribution in [-0.2, 0) is 16.1 Å². The normalized spacial score (nSPS) is 10.5. The van der Waals surface area contributed by atoms with Crippen molar-refractivity contribution in [1.29, 1.82) is 0 Å². The van der Waals surface area contributed by atoms with E-state index in [1.54, 1.807) is 24.3 Å². The first-order valence-electron chi connectivity index (χ1n) is 8.34. The maximum absolute atomic E-state index is 13.6. The predicted octanol–water partition coefficient (Wildman–Crippen LogP) is 4.16. The third-order valence-corrected chi connectivity index (χ3v) is 4.33. The number of halogens is 2. The molecule has 0 atom stereocenters. The molecule has 0 aromatic heterocycles. The van der Waals surface area contributed by atoms with E-state index in [2.05, 4.69) is 5.32 Å². The lowest BCUT2D eigenvalue weighted by Gasteiger charge is -2.24. The Balaban J connectivity index is 2.02. The second-order valence-corrected chi connectivity index (χ2v) is 6.61. The number of hydrogen-bond donors (Lipinski definition) is 1. The lowest BCUT2D eigenvalue weighted by molar-refractivity contribution is -0.121. The molecule has 0 bridgehead atoms. The van der Waals surface area contributed by atoms with Crippen molar-refractivity contribution in [3.8, 4) is 0 Å². The average Bonchev–Trinajstić information content (AvgIpc) is 2.55. The third kappa shape index (κ3) is 5.05. The number of amides is 2. The molecule has 2 rings (SSSR count). The predicted molar refractivity (Wildman–Crippen MR) is 102 cm³/mol. The van der Waals surface area contributed by atoms with Crippen LogP contribution in [0.3, 0.4) is 0 Å². The Morgan fingerprint density at radius 3 is 2.50 bits per heavy atom. The Kier molecular flexibility index (Phi) is 6.75. The third-order valence-electron chi connectivity index (χ3n) is 4.04. The van der Waals surface area contributed by atoms with Gasteiger partial charge in [-0.3, -0.25) is 9.59 Å². The molecule has 138 valence electrons. The van der Waals surface area contributed by atoms with Gasteiger partial charge in [0.15, 0.2) is 0 Å². The second kappa shape index (κ2) is 8.81. The van der Waals surface area contributed by atoms with E-state index in [4.69, 9.17) is 11.6 Å². The summed E-state index contributed by atoms with van der Waals surface area (Å²) < 4.78 is 13.6.